The summed E-state index contributed by atoms with van der Waals surface area (Å²) in [7, 11) is 1.60. The first-order chi connectivity index (χ1) is 17.4. The third kappa shape index (κ3) is 3.01. The number of carboxylic acid groups (broad SMARTS) is 1. The van der Waals surface area contributed by atoms with Gasteiger partial charge in [0, 0.05) is 35.9 Å². The van der Waals surface area contributed by atoms with Gasteiger partial charge >= 0.3 is 5.97 Å². The van der Waals surface area contributed by atoms with Crippen molar-refractivity contribution in [1.82, 2.24) is 4.90 Å². The minimum atomic E-state index is -1.01. The van der Waals surface area contributed by atoms with Crippen molar-refractivity contribution in [2.75, 3.05) is 20.2 Å². The molecule has 0 aromatic heterocycles. The van der Waals surface area contributed by atoms with E-state index in [1.165, 1.54) is 11.1 Å². The van der Waals surface area contributed by atoms with Crippen LogP contribution in [0.25, 0.3) is 0 Å². The summed E-state index contributed by atoms with van der Waals surface area (Å²) in [5.74, 6) is -0.445. The normalized spacial score (nSPS) is 27.9. The molecule has 3 aliphatic carbocycles. The molecule has 1 aliphatic heterocycles. The predicted octanol–water partition coefficient (Wildman–Crippen LogP) is 4.95. The molecular weight excluding hydrogens is 450 g/mol. The van der Waals surface area contributed by atoms with Gasteiger partial charge in [0.25, 0.3) is 0 Å². The number of rotatable bonds is 5. The third-order valence-corrected chi connectivity index (χ3v) is 9.16. The molecule has 2 fully saturated rings. The molecule has 7 rings (SSSR count). The van der Waals surface area contributed by atoms with Gasteiger partial charge in [0.05, 0.1) is 18.9 Å². The molecule has 1 N–H and O–H groups in total. The highest BCUT2D eigenvalue weighted by atomic mass is 16.5. The van der Waals surface area contributed by atoms with Crippen molar-refractivity contribution >= 4 is 11.9 Å². The number of aryl methyl sites for hydroxylation is 1. The number of likely N-dealkylation sites (tertiary alicyclic amines) is 1. The van der Waals surface area contributed by atoms with Crippen molar-refractivity contribution in [1.29, 1.82) is 0 Å². The van der Waals surface area contributed by atoms with E-state index in [0.29, 0.717) is 12.3 Å². The van der Waals surface area contributed by atoms with Crippen LogP contribution >= 0.6 is 0 Å². The number of carboxylic acids is 1. The van der Waals surface area contributed by atoms with E-state index in [9.17, 15) is 14.7 Å². The lowest BCUT2D eigenvalue weighted by Crippen LogP contribution is -2.60. The van der Waals surface area contributed by atoms with Gasteiger partial charge in [-0.25, -0.2) is 0 Å². The second-order valence-electron chi connectivity index (χ2n) is 10.7. The molecule has 0 spiro atoms. The second kappa shape index (κ2) is 8.22. The Hall–Kier alpha value is -3.60. The number of hydrogen-bond acceptors (Lipinski definition) is 3. The number of aliphatic carboxylic acids is 1. The number of ether oxygens (including phenoxy) is 1. The van der Waals surface area contributed by atoms with Crippen LogP contribution in [0.15, 0.2) is 72.8 Å². The molecule has 1 saturated carbocycles. The molecule has 0 radical (unpaired) electrons. The van der Waals surface area contributed by atoms with Crippen molar-refractivity contribution in [3.05, 3.63) is 101 Å². The topological polar surface area (TPSA) is 66.8 Å². The van der Waals surface area contributed by atoms with E-state index in [4.69, 9.17) is 4.74 Å². The molecule has 1 saturated heterocycles. The molecule has 1 amide bonds. The number of carbonyl (C=O) groups is 2. The smallest absolute Gasteiger partial charge is 0.312 e. The van der Waals surface area contributed by atoms with Crippen molar-refractivity contribution in [2.24, 2.45) is 11.3 Å². The van der Waals surface area contributed by atoms with Crippen molar-refractivity contribution < 1.29 is 19.4 Å². The average molecular weight is 482 g/mol. The largest absolute Gasteiger partial charge is 0.496 e. The summed E-state index contributed by atoms with van der Waals surface area (Å²) in [6, 6.07) is 24.5. The van der Waals surface area contributed by atoms with Crippen LogP contribution in [0.1, 0.15) is 46.6 Å². The third-order valence-electron chi connectivity index (χ3n) is 9.16. The number of fused-ring (bicyclic) bond motifs is 1. The zero-order valence-electron chi connectivity index (χ0n) is 20.7. The lowest BCUT2D eigenvalue weighted by atomic mass is 9.42. The van der Waals surface area contributed by atoms with Gasteiger partial charge in [-0.15, -0.1) is 0 Å². The lowest BCUT2D eigenvalue weighted by Gasteiger charge is -2.59. The van der Waals surface area contributed by atoms with Crippen LogP contribution in [0.5, 0.6) is 5.75 Å². The molecule has 3 aromatic carbocycles. The van der Waals surface area contributed by atoms with E-state index in [0.717, 1.165) is 29.5 Å². The molecule has 36 heavy (non-hydrogen) atoms. The van der Waals surface area contributed by atoms with E-state index in [-0.39, 0.29) is 30.7 Å². The monoisotopic (exact) mass is 481 g/mol. The zero-order chi connectivity index (χ0) is 25.1. The number of benzene rings is 3. The first-order valence-corrected chi connectivity index (χ1v) is 12.7. The Balaban J connectivity index is 1.48. The summed E-state index contributed by atoms with van der Waals surface area (Å²) in [4.78, 5) is 28.8. The van der Waals surface area contributed by atoms with Gasteiger partial charge in [0.15, 0.2) is 0 Å². The van der Waals surface area contributed by atoms with E-state index in [1.807, 2.05) is 35.2 Å². The minimum absolute atomic E-state index is 0.0441. The second-order valence-corrected chi connectivity index (χ2v) is 10.7. The minimum Gasteiger partial charge on any atom is -0.496 e. The Labute approximate surface area is 211 Å². The maximum absolute atomic E-state index is 13.7. The van der Waals surface area contributed by atoms with Gasteiger partial charge < -0.3 is 14.7 Å². The number of nitrogens with zero attached hydrogens (tertiary/aromatic N) is 1. The number of para-hydroxylation sites is 1. The van der Waals surface area contributed by atoms with Gasteiger partial charge in [-0.2, -0.15) is 0 Å². The average Bonchev–Trinajstić information content (AvgIpc) is 3.33. The van der Waals surface area contributed by atoms with Crippen LogP contribution in [0.2, 0.25) is 0 Å². The fourth-order valence-corrected chi connectivity index (χ4v) is 7.69. The van der Waals surface area contributed by atoms with Gasteiger partial charge in [0.2, 0.25) is 5.91 Å². The first kappa shape index (κ1) is 22.8. The van der Waals surface area contributed by atoms with Crippen LogP contribution in [0.3, 0.4) is 0 Å². The maximum Gasteiger partial charge on any atom is 0.312 e. The van der Waals surface area contributed by atoms with Crippen LogP contribution in [0, 0.1) is 18.3 Å². The van der Waals surface area contributed by atoms with Crippen LogP contribution < -0.4 is 4.74 Å². The van der Waals surface area contributed by atoms with E-state index >= 15 is 0 Å². The fraction of sp³-hybridized carbons (Fsp3) is 0.355. The number of amides is 1. The summed E-state index contributed by atoms with van der Waals surface area (Å²) < 4.78 is 5.47. The first-order valence-electron chi connectivity index (χ1n) is 12.7. The van der Waals surface area contributed by atoms with Crippen LogP contribution in [-0.4, -0.2) is 42.1 Å². The molecule has 184 valence electrons. The van der Waals surface area contributed by atoms with E-state index in [2.05, 4.69) is 49.4 Å². The van der Waals surface area contributed by atoms with E-state index in [1.54, 1.807) is 7.11 Å². The molecule has 3 aromatic rings. The summed E-state index contributed by atoms with van der Waals surface area (Å²) in [5, 5.41) is 10.9. The number of carbonyl (C=O) groups excluding carboxylic acids is 1. The Bertz CT molecular complexity index is 1370. The molecule has 4 atom stereocenters. The summed E-state index contributed by atoms with van der Waals surface area (Å²) in [6.45, 7) is 2.77. The quantitative estimate of drug-likeness (QED) is 0.560. The highest BCUT2D eigenvalue weighted by Gasteiger charge is 2.70. The Morgan fingerprint density at radius 1 is 1.06 bits per heavy atom. The van der Waals surface area contributed by atoms with Crippen molar-refractivity contribution in [2.45, 2.75) is 37.5 Å². The SMILES string of the molecule is COc1ccccc1CC(=O)N1CC2C3(c4cccc(C)c4)CCC(c4ccccc43)C2(C(=O)O)C1. The van der Waals surface area contributed by atoms with E-state index < -0.39 is 16.8 Å². The zero-order valence-corrected chi connectivity index (χ0v) is 20.7. The fourth-order valence-electron chi connectivity index (χ4n) is 7.69. The lowest BCUT2D eigenvalue weighted by molar-refractivity contribution is -0.157. The maximum atomic E-state index is 13.7. The summed E-state index contributed by atoms with van der Waals surface area (Å²) in [5.41, 5.74) is 4.10. The summed E-state index contributed by atoms with van der Waals surface area (Å²) in [6.07, 6.45) is 1.90. The number of methoxy groups -OCH3 is 1. The highest BCUT2D eigenvalue weighted by Crippen LogP contribution is 2.69. The van der Waals surface area contributed by atoms with Gasteiger partial charge in [-0.05, 0) is 42.5 Å². The molecule has 4 unspecified atom stereocenters. The highest BCUT2D eigenvalue weighted by molar-refractivity contribution is 5.85. The molecule has 5 nitrogen and oxygen atoms in total. The Morgan fingerprint density at radius 3 is 2.61 bits per heavy atom. The van der Waals surface area contributed by atoms with Gasteiger partial charge in [-0.3, -0.25) is 9.59 Å². The standard InChI is InChI=1S/C31H31NO4/c1-20-8-7-10-22(16-20)30-15-14-25(23-11-4-5-12-24(23)30)31(29(34)35)19-32(18-27(30)31)28(33)17-21-9-3-6-13-26(21)36-2/h3-13,16,25,27H,14-15,17-19H2,1-2H3,(H,34,35). The molecular formula is C31H31NO4. The van der Waals surface area contributed by atoms with Crippen LogP contribution in [-0.2, 0) is 21.4 Å². The molecule has 5 heteroatoms. The van der Waals surface area contributed by atoms with Crippen LogP contribution in [0.4, 0.5) is 0 Å². The number of hydrogen-bond donors (Lipinski definition) is 1. The molecule has 2 bridgehead atoms. The van der Waals surface area contributed by atoms with Gasteiger partial charge in [-0.1, -0.05) is 72.3 Å². The van der Waals surface area contributed by atoms with Crippen molar-refractivity contribution in [3.63, 3.8) is 0 Å². The Morgan fingerprint density at radius 2 is 1.83 bits per heavy atom. The Kier molecular flexibility index (Phi) is 5.22. The van der Waals surface area contributed by atoms with Crippen molar-refractivity contribution in [3.8, 4) is 5.75 Å². The molecule has 4 aliphatic rings. The summed E-state index contributed by atoms with van der Waals surface area (Å²) >= 11 is 0. The predicted molar refractivity (Wildman–Crippen MR) is 137 cm³/mol. The van der Waals surface area contributed by atoms with Gasteiger partial charge in [0.1, 0.15) is 5.75 Å². The molecule has 1 heterocycles.